The van der Waals surface area contributed by atoms with Crippen LogP contribution in [0.2, 0.25) is 5.02 Å². The molecule has 3 aromatic rings. The quantitative estimate of drug-likeness (QED) is 0.521. The van der Waals surface area contributed by atoms with E-state index in [4.69, 9.17) is 11.6 Å². The fraction of sp³-hybridized carbons (Fsp3) is 0.304. The van der Waals surface area contributed by atoms with E-state index in [2.05, 4.69) is 0 Å². The van der Waals surface area contributed by atoms with E-state index in [-0.39, 0.29) is 28.8 Å². The van der Waals surface area contributed by atoms with Crippen molar-refractivity contribution in [1.29, 1.82) is 0 Å². The van der Waals surface area contributed by atoms with Crippen molar-refractivity contribution in [2.75, 3.05) is 0 Å². The minimum atomic E-state index is -1.10. The van der Waals surface area contributed by atoms with Crippen LogP contribution >= 0.6 is 11.6 Å². The summed E-state index contributed by atoms with van der Waals surface area (Å²) >= 11 is 5.91. The van der Waals surface area contributed by atoms with Crippen LogP contribution in [0.4, 0.5) is 4.39 Å². The number of carboxylic acids is 1. The maximum atomic E-state index is 15.0. The van der Waals surface area contributed by atoms with E-state index < -0.39 is 29.4 Å². The first kappa shape index (κ1) is 21.8. The van der Waals surface area contributed by atoms with Crippen molar-refractivity contribution in [3.63, 3.8) is 0 Å². The van der Waals surface area contributed by atoms with Crippen LogP contribution in [0.25, 0.3) is 10.9 Å². The summed E-state index contributed by atoms with van der Waals surface area (Å²) in [6.07, 6.45) is 1.05. The Morgan fingerprint density at radius 2 is 1.80 bits per heavy atom. The van der Waals surface area contributed by atoms with E-state index in [0.717, 1.165) is 12.5 Å². The fourth-order valence-corrected chi connectivity index (χ4v) is 3.93. The Kier molecular flexibility index (Phi) is 6.17. The average molecular weight is 432 g/mol. The van der Waals surface area contributed by atoms with Crippen LogP contribution in [0.3, 0.4) is 0 Å². The van der Waals surface area contributed by atoms with Gasteiger partial charge in [-0.3, -0.25) is 14.2 Å². The second-order valence-electron chi connectivity index (χ2n) is 7.58. The van der Waals surface area contributed by atoms with E-state index in [0.29, 0.717) is 16.3 Å². The van der Waals surface area contributed by atoms with Gasteiger partial charge in [-0.1, -0.05) is 31.9 Å². The highest BCUT2D eigenvalue weighted by molar-refractivity contribution is 6.30. The number of carbonyl (C=O) groups is 2. The van der Waals surface area contributed by atoms with Gasteiger partial charge in [0.05, 0.1) is 11.4 Å². The number of rotatable bonds is 6. The second-order valence-corrected chi connectivity index (χ2v) is 8.02. The normalized spacial score (nSPS) is 13.4. The van der Waals surface area contributed by atoms with Gasteiger partial charge in [0.1, 0.15) is 0 Å². The van der Waals surface area contributed by atoms with Gasteiger partial charge in [-0.25, -0.2) is 4.39 Å². The smallest absolute Gasteiger partial charge is 0.311 e. The number of carboxylic acid groups (broad SMARTS) is 1. The van der Waals surface area contributed by atoms with Gasteiger partial charge in [-0.2, -0.15) is 0 Å². The minimum absolute atomic E-state index is 0.0366. The molecule has 0 amide bonds. The van der Waals surface area contributed by atoms with Gasteiger partial charge in [-0.15, -0.1) is 0 Å². The zero-order valence-corrected chi connectivity index (χ0v) is 17.7. The number of hydrogen-bond donors (Lipinski definition) is 2. The molecular formula is C23H23ClFNO4. The number of benzene rings is 2. The summed E-state index contributed by atoms with van der Waals surface area (Å²) < 4.78 is 16.3. The third kappa shape index (κ3) is 3.79. The third-order valence-electron chi connectivity index (χ3n) is 5.61. The fourth-order valence-electron chi connectivity index (χ4n) is 3.80. The minimum Gasteiger partial charge on any atom is -0.505 e. The van der Waals surface area contributed by atoms with Crippen LogP contribution in [0, 0.1) is 18.7 Å². The standard InChI is InChI=1S/C23H23ClFNO4/c1-4-12(2)11-16(23(29)30)19-13(3)26(17-9-10-18(27)21(25)20(17)19)22(28)14-5-7-15(24)8-6-14/h5-10,12,16,27H,4,11H2,1-3H3,(H,29,30)/t12?,16-/m1/s1. The summed E-state index contributed by atoms with van der Waals surface area (Å²) in [7, 11) is 0. The van der Waals surface area contributed by atoms with Gasteiger partial charge >= 0.3 is 5.97 Å². The molecule has 7 heteroatoms. The molecule has 0 saturated carbocycles. The number of fused-ring (bicyclic) bond motifs is 1. The van der Waals surface area contributed by atoms with Gasteiger partial charge in [0.25, 0.3) is 5.91 Å². The van der Waals surface area contributed by atoms with Gasteiger partial charge in [0, 0.05) is 21.7 Å². The number of hydrogen-bond acceptors (Lipinski definition) is 3. The largest absolute Gasteiger partial charge is 0.505 e. The first-order valence-corrected chi connectivity index (χ1v) is 10.1. The van der Waals surface area contributed by atoms with Crippen molar-refractivity contribution < 1.29 is 24.2 Å². The van der Waals surface area contributed by atoms with Crippen molar-refractivity contribution in [3.05, 3.63) is 64.1 Å². The number of aromatic hydroxyl groups is 1. The Labute approximate surface area is 178 Å². The molecule has 0 aliphatic rings. The Bertz CT molecular complexity index is 1120. The van der Waals surface area contributed by atoms with Crippen LogP contribution < -0.4 is 0 Å². The van der Waals surface area contributed by atoms with Crippen LogP contribution in [0.1, 0.15) is 54.2 Å². The molecule has 158 valence electrons. The monoisotopic (exact) mass is 431 g/mol. The lowest BCUT2D eigenvalue weighted by Gasteiger charge is -2.18. The third-order valence-corrected chi connectivity index (χ3v) is 5.86. The molecule has 0 aliphatic carbocycles. The molecule has 0 fully saturated rings. The van der Waals surface area contributed by atoms with Crippen LogP contribution in [-0.2, 0) is 4.79 Å². The highest BCUT2D eigenvalue weighted by atomic mass is 35.5. The van der Waals surface area contributed by atoms with Gasteiger partial charge < -0.3 is 10.2 Å². The van der Waals surface area contributed by atoms with E-state index in [1.54, 1.807) is 31.2 Å². The summed E-state index contributed by atoms with van der Waals surface area (Å²) in [5, 5.41) is 20.3. The number of aliphatic carboxylic acids is 1. The average Bonchev–Trinajstić information content (AvgIpc) is 3.00. The summed E-state index contributed by atoms with van der Waals surface area (Å²) in [5.74, 6) is -3.98. The molecule has 5 nitrogen and oxygen atoms in total. The highest BCUT2D eigenvalue weighted by Crippen LogP contribution is 2.39. The zero-order chi connectivity index (χ0) is 22.2. The molecule has 30 heavy (non-hydrogen) atoms. The Morgan fingerprint density at radius 1 is 1.17 bits per heavy atom. The lowest BCUT2D eigenvalue weighted by Crippen LogP contribution is -2.18. The van der Waals surface area contributed by atoms with E-state index in [1.807, 2.05) is 13.8 Å². The molecule has 0 saturated heterocycles. The number of carbonyl (C=O) groups excluding carboxylic acids is 1. The molecule has 2 N–H and O–H groups in total. The molecule has 1 unspecified atom stereocenters. The maximum absolute atomic E-state index is 15.0. The summed E-state index contributed by atoms with van der Waals surface area (Å²) in [5.41, 5.74) is 1.10. The zero-order valence-electron chi connectivity index (χ0n) is 16.9. The Morgan fingerprint density at radius 3 is 2.37 bits per heavy atom. The molecule has 2 atom stereocenters. The maximum Gasteiger partial charge on any atom is 0.311 e. The van der Waals surface area contributed by atoms with Crippen molar-refractivity contribution in [2.45, 2.75) is 39.5 Å². The Hall–Kier alpha value is -2.86. The molecule has 0 aliphatic heterocycles. The van der Waals surface area contributed by atoms with Crippen LogP contribution in [-0.4, -0.2) is 26.7 Å². The number of phenols is 1. The van der Waals surface area contributed by atoms with Crippen LogP contribution in [0.15, 0.2) is 36.4 Å². The van der Waals surface area contributed by atoms with Crippen molar-refractivity contribution >= 4 is 34.4 Å². The number of halogens is 2. The molecule has 0 spiro atoms. The van der Waals surface area contributed by atoms with E-state index >= 15 is 4.39 Å². The molecule has 0 bridgehead atoms. The number of nitrogens with zero attached hydrogens (tertiary/aromatic N) is 1. The summed E-state index contributed by atoms with van der Waals surface area (Å²) in [4.78, 5) is 25.4. The second kappa shape index (κ2) is 8.48. The lowest BCUT2D eigenvalue weighted by molar-refractivity contribution is -0.139. The number of phenolic OH excluding ortho intramolecular Hbond substituents is 1. The van der Waals surface area contributed by atoms with Crippen molar-refractivity contribution in [3.8, 4) is 5.75 Å². The summed E-state index contributed by atoms with van der Waals surface area (Å²) in [6, 6.07) is 8.86. The topological polar surface area (TPSA) is 79.5 Å². The predicted octanol–water partition coefficient (Wildman–Crippen LogP) is 5.74. The predicted molar refractivity (Wildman–Crippen MR) is 114 cm³/mol. The molecule has 1 aromatic heterocycles. The van der Waals surface area contributed by atoms with Crippen molar-refractivity contribution in [1.82, 2.24) is 4.57 Å². The SMILES string of the molecule is CCC(C)C[C@@H](C(=O)O)c1c(C)n(C(=O)c2ccc(Cl)cc2)c2ccc(O)c(F)c12. The summed E-state index contributed by atoms with van der Waals surface area (Å²) in [6.45, 7) is 5.49. The lowest BCUT2D eigenvalue weighted by atomic mass is 9.87. The van der Waals surface area contributed by atoms with E-state index in [9.17, 15) is 19.8 Å². The van der Waals surface area contributed by atoms with Gasteiger partial charge in [0.15, 0.2) is 11.6 Å². The van der Waals surface area contributed by atoms with E-state index in [1.165, 1.54) is 10.6 Å². The first-order valence-electron chi connectivity index (χ1n) is 9.72. The molecule has 0 radical (unpaired) electrons. The number of aromatic nitrogens is 1. The highest BCUT2D eigenvalue weighted by Gasteiger charge is 2.32. The van der Waals surface area contributed by atoms with Crippen molar-refractivity contribution in [2.24, 2.45) is 5.92 Å². The van der Waals surface area contributed by atoms with Gasteiger partial charge in [0.2, 0.25) is 0 Å². The first-order chi connectivity index (χ1) is 14.2. The molecular weight excluding hydrogens is 409 g/mol. The Balaban J connectivity index is 2.31. The molecule has 3 rings (SSSR count). The molecule has 2 aromatic carbocycles. The molecule has 1 heterocycles. The van der Waals surface area contributed by atoms with Crippen LogP contribution in [0.5, 0.6) is 5.75 Å². The van der Waals surface area contributed by atoms with Gasteiger partial charge in [-0.05, 0) is 61.2 Å².